The Labute approximate surface area is 375 Å². The van der Waals surface area contributed by atoms with Gasteiger partial charge >= 0.3 is 0 Å². The lowest BCUT2D eigenvalue weighted by atomic mass is 9.70. The first-order valence-electron chi connectivity index (χ1n) is 22.1. The Balaban J connectivity index is 1.04. The Morgan fingerprint density at radius 3 is 1.69 bits per heavy atom. The zero-order valence-electron chi connectivity index (χ0n) is 36.0. The van der Waals surface area contributed by atoms with Crippen LogP contribution in [0.5, 0.6) is 0 Å². The molecule has 3 nitrogen and oxygen atoms in total. The van der Waals surface area contributed by atoms with Gasteiger partial charge in [-0.1, -0.05) is 196 Å². The average molecular weight is 820 g/mol. The van der Waals surface area contributed by atoms with E-state index in [1.807, 2.05) is 24.3 Å². The minimum atomic E-state index is -0.391. The molecule has 0 aliphatic heterocycles. The maximum absolute atomic E-state index is 5.16. The lowest BCUT2D eigenvalue weighted by Gasteiger charge is -2.31. The van der Waals surface area contributed by atoms with Gasteiger partial charge in [-0.3, -0.25) is 0 Å². The summed E-state index contributed by atoms with van der Waals surface area (Å²) < 4.78 is 0. The lowest BCUT2D eigenvalue weighted by molar-refractivity contribution is 0.789. The topological polar surface area (TPSA) is 38.7 Å². The van der Waals surface area contributed by atoms with Crippen molar-refractivity contribution >= 4 is 28.5 Å². The molecule has 0 amide bonds. The molecule has 9 aromatic rings. The van der Waals surface area contributed by atoms with Gasteiger partial charge in [0.2, 0.25) is 0 Å². The molecular formula is C61H45N3. The first kappa shape index (κ1) is 38.9. The smallest absolute Gasteiger partial charge is 0.164 e. The number of benzene rings is 8. The van der Waals surface area contributed by atoms with Gasteiger partial charge in [-0.05, 0) is 126 Å². The Kier molecular flexibility index (Phi) is 9.55. The molecule has 1 unspecified atom stereocenters. The molecule has 64 heavy (non-hydrogen) atoms. The van der Waals surface area contributed by atoms with Crippen molar-refractivity contribution in [2.45, 2.75) is 25.7 Å². The van der Waals surface area contributed by atoms with Crippen LogP contribution < -0.4 is 0 Å². The molecule has 8 aromatic carbocycles. The first-order chi connectivity index (χ1) is 31.5. The normalized spacial score (nSPS) is 16.0. The third kappa shape index (κ3) is 6.07. The fraction of sp³-hybridized carbons (Fsp3) is 0.0656. The fourth-order valence-corrected chi connectivity index (χ4v) is 10.3. The van der Waals surface area contributed by atoms with Crippen molar-refractivity contribution in [3.05, 3.63) is 240 Å². The summed E-state index contributed by atoms with van der Waals surface area (Å²) in [5.41, 5.74) is 19.6. The Morgan fingerprint density at radius 1 is 0.453 bits per heavy atom. The zero-order chi connectivity index (χ0) is 43.4. The van der Waals surface area contributed by atoms with Crippen LogP contribution in [0.15, 0.2) is 207 Å². The van der Waals surface area contributed by atoms with Crippen LogP contribution in [-0.4, -0.2) is 15.0 Å². The van der Waals surface area contributed by atoms with Gasteiger partial charge in [0.1, 0.15) is 0 Å². The summed E-state index contributed by atoms with van der Waals surface area (Å²) in [6, 6.07) is 63.4. The van der Waals surface area contributed by atoms with Crippen LogP contribution in [0, 0.1) is 0 Å². The lowest BCUT2D eigenvalue weighted by Crippen LogP contribution is -2.26. The van der Waals surface area contributed by atoms with Crippen LogP contribution in [0.4, 0.5) is 0 Å². The van der Waals surface area contributed by atoms with E-state index in [0.717, 1.165) is 50.8 Å². The van der Waals surface area contributed by atoms with Crippen molar-refractivity contribution in [2.75, 3.05) is 0 Å². The highest BCUT2D eigenvalue weighted by atomic mass is 15.0. The monoisotopic (exact) mass is 819 g/mol. The van der Waals surface area contributed by atoms with Crippen LogP contribution in [0.3, 0.4) is 0 Å². The van der Waals surface area contributed by atoms with Crippen LogP contribution in [0.1, 0.15) is 53.6 Å². The van der Waals surface area contributed by atoms with Crippen molar-refractivity contribution in [1.29, 1.82) is 0 Å². The van der Waals surface area contributed by atoms with E-state index >= 15 is 0 Å². The summed E-state index contributed by atoms with van der Waals surface area (Å²) in [5, 5.41) is 2.30. The number of rotatable bonds is 8. The summed E-state index contributed by atoms with van der Waals surface area (Å²) in [7, 11) is 0. The molecule has 304 valence electrons. The van der Waals surface area contributed by atoms with Crippen molar-refractivity contribution in [1.82, 2.24) is 15.0 Å². The Bertz CT molecular complexity index is 3440. The van der Waals surface area contributed by atoms with Crippen molar-refractivity contribution in [2.24, 2.45) is 0 Å². The predicted molar refractivity (Wildman–Crippen MR) is 268 cm³/mol. The SMILES string of the molecule is C=Cc1ccc(-c2nc(-c3cccc(-c4cccc(-c5cccc6c5-c5ccccc5C65C(=C/CC)/C(=C\C)c6ccccc65)c4)c3)nc(-c3ccc4ccccc4c3)n2)cc1C=C. The molecule has 0 N–H and O–H groups in total. The second-order valence-electron chi connectivity index (χ2n) is 16.6. The summed E-state index contributed by atoms with van der Waals surface area (Å²) in [6.07, 6.45) is 9.41. The maximum Gasteiger partial charge on any atom is 0.164 e. The molecule has 11 rings (SSSR count). The second kappa shape index (κ2) is 15.7. The van der Waals surface area contributed by atoms with Crippen LogP contribution in [-0.2, 0) is 5.41 Å². The molecule has 0 saturated heterocycles. The molecule has 0 fully saturated rings. The van der Waals surface area contributed by atoms with Crippen molar-refractivity contribution in [3.8, 4) is 67.5 Å². The molecule has 1 heterocycles. The highest BCUT2D eigenvalue weighted by Gasteiger charge is 2.53. The van der Waals surface area contributed by atoms with Crippen LogP contribution in [0.25, 0.3) is 96.0 Å². The largest absolute Gasteiger partial charge is 0.208 e. The second-order valence-corrected chi connectivity index (χ2v) is 16.6. The molecule has 1 spiro atoms. The van der Waals surface area contributed by atoms with Gasteiger partial charge in [-0.25, -0.2) is 15.0 Å². The quantitative estimate of drug-likeness (QED) is 0.153. The molecule has 0 saturated carbocycles. The molecule has 1 aromatic heterocycles. The fourth-order valence-electron chi connectivity index (χ4n) is 10.3. The first-order valence-corrected chi connectivity index (χ1v) is 22.1. The van der Waals surface area contributed by atoms with E-state index in [9.17, 15) is 0 Å². The number of fused-ring (bicyclic) bond motifs is 8. The van der Waals surface area contributed by atoms with Gasteiger partial charge in [-0.2, -0.15) is 0 Å². The van der Waals surface area contributed by atoms with E-state index in [-0.39, 0.29) is 0 Å². The Hall–Kier alpha value is -8.01. The number of nitrogens with zero attached hydrogens (tertiary/aromatic N) is 3. The molecule has 2 aliphatic rings. The molecule has 3 heteroatoms. The molecule has 1 atom stereocenters. The minimum Gasteiger partial charge on any atom is -0.208 e. The standard InChI is InChI=1S/C61H45N3/c1-5-18-53-49(8-4)51-25-11-13-28-54(51)61(53)55-29-14-12-26-52(55)57-50(27-17-30-56(57)61)45-23-15-21-43(36-45)44-22-16-24-46(38-44)58-62-59(47-33-31-39(6-2)40(7-3)35-47)64-60(63-58)48-34-32-41-19-9-10-20-42(41)37-48/h6-38H,2-3,5H2,1,4H3/b49-8-,53-18+. The van der Waals surface area contributed by atoms with E-state index in [4.69, 9.17) is 15.0 Å². The van der Waals surface area contributed by atoms with E-state index < -0.39 is 5.41 Å². The van der Waals surface area contributed by atoms with Crippen molar-refractivity contribution < 1.29 is 0 Å². The number of allylic oxidation sites excluding steroid dienone is 4. The summed E-state index contributed by atoms with van der Waals surface area (Å²) >= 11 is 0. The van der Waals surface area contributed by atoms with E-state index in [1.54, 1.807) is 0 Å². The highest BCUT2D eigenvalue weighted by molar-refractivity contribution is 6.03. The van der Waals surface area contributed by atoms with E-state index in [1.165, 1.54) is 61.0 Å². The molecule has 0 bridgehead atoms. The molecule has 2 aliphatic carbocycles. The van der Waals surface area contributed by atoms with Gasteiger partial charge < -0.3 is 0 Å². The van der Waals surface area contributed by atoms with Gasteiger partial charge in [0.15, 0.2) is 17.5 Å². The van der Waals surface area contributed by atoms with Crippen molar-refractivity contribution in [3.63, 3.8) is 0 Å². The summed E-state index contributed by atoms with van der Waals surface area (Å²) in [6.45, 7) is 12.5. The number of hydrogen-bond acceptors (Lipinski definition) is 3. The third-order valence-corrected chi connectivity index (χ3v) is 13.1. The maximum atomic E-state index is 5.16. The zero-order valence-corrected chi connectivity index (χ0v) is 36.0. The molecule has 0 radical (unpaired) electrons. The van der Waals surface area contributed by atoms with Crippen LogP contribution >= 0.6 is 0 Å². The van der Waals surface area contributed by atoms with Gasteiger partial charge in [-0.15, -0.1) is 0 Å². The van der Waals surface area contributed by atoms with Gasteiger partial charge in [0.05, 0.1) is 5.41 Å². The molecular weight excluding hydrogens is 775 g/mol. The minimum absolute atomic E-state index is 0.391. The van der Waals surface area contributed by atoms with Gasteiger partial charge in [0, 0.05) is 16.7 Å². The third-order valence-electron chi connectivity index (χ3n) is 13.1. The van der Waals surface area contributed by atoms with Gasteiger partial charge in [0.25, 0.3) is 0 Å². The summed E-state index contributed by atoms with van der Waals surface area (Å²) in [5.74, 6) is 1.82. The number of aromatic nitrogens is 3. The average Bonchev–Trinajstić information content (AvgIpc) is 3.82. The van der Waals surface area contributed by atoms with E-state index in [0.29, 0.717) is 17.5 Å². The van der Waals surface area contributed by atoms with E-state index in [2.05, 4.69) is 203 Å². The van der Waals surface area contributed by atoms with Crippen LogP contribution in [0.2, 0.25) is 0 Å². The highest BCUT2D eigenvalue weighted by Crippen LogP contribution is 2.65. The summed E-state index contributed by atoms with van der Waals surface area (Å²) in [4.78, 5) is 15.4. The Morgan fingerprint density at radius 2 is 0.984 bits per heavy atom. The number of hydrogen-bond donors (Lipinski definition) is 0. The predicted octanol–water partition coefficient (Wildman–Crippen LogP) is 15.7.